The molecule has 0 heterocycles. The van der Waals surface area contributed by atoms with Gasteiger partial charge in [-0.25, -0.2) is 0 Å². The van der Waals surface area contributed by atoms with Gasteiger partial charge in [-0.05, 0) is 34.1 Å². The average Bonchev–Trinajstić information content (AvgIpc) is 2.00. The highest BCUT2D eigenvalue weighted by atomic mass is 16.5. The Kier molecular flexibility index (Phi) is 4.99. The van der Waals surface area contributed by atoms with E-state index in [0.29, 0.717) is 0 Å². The molecule has 1 amide bonds. The van der Waals surface area contributed by atoms with Crippen LogP contribution in [0.25, 0.3) is 0 Å². The van der Waals surface area contributed by atoms with Crippen molar-refractivity contribution in [2.75, 3.05) is 6.61 Å². The SMILES string of the molecule is CCC(C)(C)NC(=O)COC(C)C. The fourth-order valence-corrected chi connectivity index (χ4v) is 0.744. The number of carbonyl (C=O) groups excluding carboxylic acids is 1. The van der Waals surface area contributed by atoms with Crippen molar-refractivity contribution in [1.29, 1.82) is 0 Å². The van der Waals surface area contributed by atoms with Crippen molar-refractivity contribution in [3.8, 4) is 0 Å². The summed E-state index contributed by atoms with van der Waals surface area (Å²) in [6.45, 7) is 10.0. The van der Waals surface area contributed by atoms with E-state index in [1.165, 1.54) is 0 Å². The van der Waals surface area contributed by atoms with Crippen molar-refractivity contribution < 1.29 is 9.53 Å². The van der Waals surface area contributed by atoms with Crippen LogP contribution >= 0.6 is 0 Å². The number of nitrogens with one attached hydrogen (secondary N) is 1. The van der Waals surface area contributed by atoms with Gasteiger partial charge in [-0.3, -0.25) is 4.79 Å². The molecule has 0 rings (SSSR count). The number of amides is 1. The first-order valence-electron chi connectivity index (χ1n) is 4.80. The van der Waals surface area contributed by atoms with Crippen LogP contribution in [0.15, 0.2) is 0 Å². The first-order chi connectivity index (χ1) is 5.87. The quantitative estimate of drug-likeness (QED) is 0.711. The molecule has 3 heteroatoms. The van der Waals surface area contributed by atoms with Gasteiger partial charge in [-0.2, -0.15) is 0 Å². The molecule has 0 fully saturated rings. The van der Waals surface area contributed by atoms with E-state index in [-0.39, 0.29) is 24.2 Å². The fourth-order valence-electron chi connectivity index (χ4n) is 0.744. The van der Waals surface area contributed by atoms with Crippen LogP contribution in [0.1, 0.15) is 41.0 Å². The summed E-state index contributed by atoms with van der Waals surface area (Å²) in [5, 5.41) is 2.90. The number of rotatable bonds is 5. The van der Waals surface area contributed by atoms with Crippen LogP contribution in [0.4, 0.5) is 0 Å². The van der Waals surface area contributed by atoms with Gasteiger partial charge in [0.25, 0.3) is 0 Å². The molecule has 0 saturated heterocycles. The summed E-state index contributed by atoms with van der Waals surface area (Å²) in [6, 6.07) is 0. The van der Waals surface area contributed by atoms with Gasteiger partial charge in [0.15, 0.2) is 0 Å². The highest BCUT2D eigenvalue weighted by molar-refractivity contribution is 5.77. The third-order valence-corrected chi connectivity index (χ3v) is 1.91. The molecule has 0 bridgehead atoms. The van der Waals surface area contributed by atoms with Crippen LogP contribution in [-0.2, 0) is 9.53 Å². The average molecular weight is 187 g/mol. The van der Waals surface area contributed by atoms with Gasteiger partial charge >= 0.3 is 0 Å². The van der Waals surface area contributed by atoms with Crippen LogP contribution in [0.2, 0.25) is 0 Å². The van der Waals surface area contributed by atoms with E-state index >= 15 is 0 Å². The van der Waals surface area contributed by atoms with Gasteiger partial charge in [0.2, 0.25) is 5.91 Å². The summed E-state index contributed by atoms with van der Waals surface area (Å²) < 4.78 is 5.18. The number of hydrogen-bond donors (Lipinski definition) is 1. The third-order valence-electron chi connectivity index (χ3n) is 1.91. The smallest absolute Gasteiger partial charge is 0.246 e. The second kappa shape index (κ2) is 5.22. The second-order valence-electron chi connectivity index (χ2n) is 4.15. The monoisotopic (exact) mass is 187 g/mol. The summed E-state index contributed by atoms with van der Waals surface area (Å²) in [5.74, 6) is -0.0412. The van der Waals surface area contributed by atoms with E-state index in [0.717, 1.165) is 6.42 Å². The predicted octanol–water partition coefficient (Wildman–Crippen LogP) is 1.72. The lowest BCUT2D eigenvalue weighted by molar-refractivity contribution is -0.128. The first kappa shape index (κ1) is 12.4. The zero-order chi connectivity index (χ0) is 10.5. The normalized spacial score (nSPS) is 11.8. The van der Waals surface area contributed by atoms with Gasteiger partial charge in [-0.1, -0.05) is 6.92 Å². The Morgan fingerprint density at radius 3 is 2.38 bits per heavy atom. The van der Waals surface area contributed by atoms with Gasteiger partial charge in [-0.15, -0.1) is 0 Å². The minimum Gasteiger partial charge on any atom is -0.369 e. The molecule has 0 aliphatic carbocycles. The number of hydrogen-bond acceptors (Lipinski definition) is 2. The Labute approximate surface area is 80.8 Å². The van der Waals surface area contributed by atoms with Crippen molar-refractivity contribution in [3.63, 3.8) is 0 Å². The summed E-state index contributed by atoms with van der Waals surface area (Å²) >= 11 is 0. The minimum absolute atomic E-state index is 0.0412. The Bertz CT molecular complexity index is 164. The lowest BCUT2D eigenvalue weighted by Gasteiger charge is -2.24. The molecule has 3 nitrogen and oxygen atoms in total. The molecule has 0 saturated carbocycles. The zero-order valence-corrected chi connectivity index (χ0v) is 9.31. The zero-order valence-electron chi connectivity index (χ0n) is 9.31. The van der Waals surface area contributed by atoms with E-state index in [1.54, 1.807) is 0 Å². The van der Waals surface area contributed by atoms with E-state index in [9.17, 15) is 4.79 Å². The summed E-state index contributed by atoms with van der Waals surface area (Å²) in [4.78, 5) is 11.3. The van der Waals surface area contributed by atoms with E-state index in [2.05, 4.69) is 5.32 Å². The molecule has 0 aliphatic heterocycles. The fraction of sp³-hybridized carbons (Fsp3) is 0.900. The standard InChI is InChI=1S/C10H21NO2/c1-6-10(4,5)11-9(12)7-13-8(2)3/h8H,6-7H2,1-5H3,(H,11,12). The van der Waals surface area contributed by atoms with Crippen LogP contribution in [0.5, 0.6) is 0 Å². The van der Waals surface area contributed by atoms with Crippen molar-refractivity contribution in [3.05, 3.63) is 0 Å². The summed E-state index contributed by atoms with van der Waals surface area (Å²) in [5.41, 5.74) is -0.128. The molecule has 0 unspecified atom stereocenters. The lowest BCUT2D eigenvalue weighted by Crippen LogP contribution is -2.44. The number of carbonyl (C=O) groups is 1. The summed E-state index contributed by atoms with van der Waals surface area (Å²) in [7, 11) is 0. The highest BCUT2D eigenvalue weighted by Gasteiger charge is 2.17. The van der Waals surface area contributed by atoms with Crippen LogP contribution in [-0.4, -0.2) is 24.2 Å². The van der Waals surface area contributed by atoms with Crippen molar-refractivity contribution in [1.82, 2.24) is 5.32 Å². The Hall–Kier alpha value is -0.570. The predicted molar refractivity (Wildman–Crippen MR) is 53.6 cm³/mol. The van der Waals surface area contributed by atoms with Crippen LogP contribution < -0.4 is 5.32 Å². The van der Waals surface area contributed by atoms with Gasteiger partial charge in [0.1, 0.15) is 6.61 Å². The van der Waals surface area contributed by atoms with Crippen molar-refractivity contribution in [2.24, 2.45) is 0 Å². The maximum atomic E-state index is 11.3. The second-order valence-corrected chi connectivity index (χ2v) is 4.15. The largest absolute Gasteiger partial charge is 0.369 e. The Balaban J connectivity index is 3.74. The van der Waals surface area contributed by atoms with Crippen LogP contribution in [0, 0.1) is 0 Å². The Morgan fingerprint density at radius 1 is 1.46 bits per heavy atom. The molecule has 0 aromatic heterocycles. The molecule has 0 spiro atoms. The first-order valence-corrected chi connectivity index (χ1v) is 4.80. The molecule has 0 aromatic carbocycles. The van der Waals surface area contributed by atoms with Gasteiger partial charge < -0.3 is 10.1 Å². The summed E-state index contributed by atoms with van der Waals surface area (Å²) in [6.07, 6.45) is 1.02. The van der Waals surface area contributed by atoms with Gasteiger partial charge in [0, 0.05) is 5.54 Å². The Morgan fingerprint density at radius 2 is 2.00 bits per heavy atom. The molecule has 0 atom stereocenters. The topological polar surface area (TPSA) is 38.3 Å². The minimum atomic E-state index is -0.128. The van der Waals surface area contributed by atoms with Gasteiger partial charge in [0.05, 0.1) is 6.10 Å². The van der Waals surface area contributed by atoms with E-state index in [4.69, 9.17) is 4.74 Å². The molecule has 78 valence electrons. The van der Waals surface area contributed by atoms with Crippen LogP contribution in [0.3, 0.4) is 0 Å². The molecular weight excluding hydrogens is 166 g/mol. The molecule has 13 heavy (non-hydrogen) atoms. The van der Waals surface area contributed by atoms with E-state index < -0.39 is 0 Å². The lowest BCUT2D eigenvalue weighted by atomic mass is 10.0. The van der Waals surface area contributed by atoms with E-state index in [1.807, 2.05) is 34.6 Å². The third kappa shape index (κ3) is 6.58. The highest BCUT2D eigenvalue weighted by Crippen LogP contribution is 2.06. The van der Waals surface area contributed by atoms with Crippen molar-refractivity contribution in [2.45, 2.75) is 52.7 Å². The maximum Gasteiger partial charge on any atom is 0.246 e. The molecule has 0 aliphatic rings. The molecular formula is C10H21NO2. The number of ether oxygens (including phenoxy) is 1. The molecule has 0 aromatic rings. The molecule has 1 N–H and O–H groups in total. The molecule has 0 radical (unpaired) electrons. The maximum absolute atomic E-state index is 11.3. The van der Waals surface area contributed by atoms with Crippen molar-refractivity contribution >= 4 is 5.91 Å².